The molecule has 1 unspecified atom stereocenters. The Balaban J connectivity index is 1.46. The monoisotopic (exact) mass is 363 g/mol. The minimum Gasteiger partial charge on any atom is -0.354 e. The molecule has 5 nitrogen and oxygen atoms in total. The largest absolute Gasteiger partial charge is 0.354 e. The van der Waals surface area contributed by atoms with Crippen LogP contribution in [-0.2, 0) is 9.59 Å². The van der Waals surface area contributed by atoms with Gasteiger partial charge in [0, 0.05) is 18.6 Å². The number of β-lactam (4-membered cyclic amide) rings is 1. The molecule has 26 heavy (non-hydrogen) atoms. The predicted molar refractivity (Wildman–Crippen MR) is 104 cm³/mol. The zero-order valence-corrected chi connectivity index (χ0v) is 16.9. The maximum Gasteiger partial charge on any atom is 0.243 e. The maximum absolute atomic E-state index is 12.9. The van der Waals surface area contributed by atoms with Gasteiger partial charge in [-0.2, -0.15) is 0 Å². The predicted octanol–water partition coefficient (Wildman–Crippen LogP) is 2.94. The Hall–Kier alpha value is -1.10. The summed E-state index contributed by atoms with van der Waals surface area (Å²) in [7, 11) is 2.22. The normalized spacial score (nSPS) is 26.0. The summed E-state index contributed by atoms with van der Waals surface area (Å²) in [5.41, 5.74) is -0.382. The number of nitrogens with zero attached hydrogens (tertiary/aromatic N) is 2. The summed E-state index contributed by atoms with van der Waals surface area (Å²) in [6, 6.07) is 0.581. The van der Waals surface area contributed by atoms with Crippen molar-refractivity contribution >= 4 is 11.8 Å². The topological polar surface area (TPSA) is 52.7 Å². The molecule has 0 aromatic rings. The summed E-state index contributed by atoms with van der Waals surface area (Å²) in [6.07, 6.45) is 11.6. The summed E-state index contributed by atoms with van der Waals surface area (Å²) in [5, 5.41) is 3.14. The molecule has 2 aliphatic carbocycles. The molecule has 1 atom stereocenters. The van der Waals surface area contributed by atoms with E-state index in [0.29, 0.717) is 6.54 Å². The average Bonchev–Trinajstić information content (AvgIpc) is 3.15. The van der Waals surface area contributed by atoms with Crippen molar-refractivity contribution in [3.8, 4) is 0 Å². The molecule has 0 aromatic carbocycles. The Kier molecular flexibility index (Phi) is 6.26. The van der Waals surface area contributed by atoms with Gasteiger partial charge in [0.25, 0.3) is 0 Å². The second-order valence-corrected chi connectivity index (χ2v) is 8.99. The molecular weight excluding hydrogens is 326 g/mol. The summed E-state index contributed by atoms with van der Waals surface area (Å²) in [6.45, 7) is 5.77. The van der Waals surface area contributed by atoms with Crippen LogP contribution in [0.4, 0.5) is 0 Å². The first kappa shape index (κ1) is 19.7. The molecule has 3 rings (SSSR count). The van der Waals surface area contributed by atoms with Crippen LogP contribution in [0.15, 0.2) is 0 Å². The molecule has 0 aromatic heterocycles. The molecule has 3 fully saturated rings. The van der Waals surface area contributed by atoms with Crippen LogP contribution in [0.2, 0.25) is 0 Å². The van der Waals surface area contributed by atoms with E-state index in [2.05, 4.69) is 17.3 Å². The molecule has 2 saturated carbocycles. The Bertz CT molecular complexity index is 507. The highest BCUT2D eigenvalue weighted by molar-refractivity contribution is 6.02. The SMILES string of the molecule is CC(C)N1C(=O)C2(CCCC2)C1C(=O)NCCCN(C)C1CCCCC1. The highest BCUT2D eigenvalue weighted by Gasteiger charge is 2.64. The highest BCUT2D eigenvalue weighted by Crippen LogP contribution is 2.52. The van der Waals surface area contributed by atoms with Gasteiger partial charge in [-0.3, -0.25) is 9.59 Å². The highest BCUT2D eigenvalue weighted by atomic mass is 16.2. The Morgan fingerprint density at radius 2 is 1.85 bits per heavy atom. The molecule has 3 aliphatic rings. The zero-order chi connectivity index (χ0) is 18.7. The number of likely N-dealkylation sites (tertiary alicyclic amines) is 1. The van der Waals surface area contributed by atoms with E-state index in [-0.39, 0.29) is 29.3 Å². The Labute approximate surface area is 158 Å². The summed E-state index contributed by atoms with van der Waals surface area (Å²) in [5.74, 6) is 0.280. The van der Waals surface area contributed by atoms with E-state index in [0.717, 1.165) is 44.7 Å². The average molecular weight is 364 g/mol. The van der Waals surface area contributed by atoms with Crippen molar-refractivity contribution in [1.29, 1.82) is 0 Å². The summed E-state index contributed by atoms with van der Waals surface area (Å²) in [4.78, 5) is 29.8. The van der Waals surface area contributed by atoms with Crippen LogP contribution in [0.3, 0.4) is 0 Å². The molecule has 1 N–H and O–H groups in total. The third kappa shape index (κ3) is 3.64. The van der Waals surface area contributed by atoms with Crippen molar-refractivity contribution in [3.63, 3.8) is 0 Å². The van der Waals surface area contributed by atoms with Crippen molar-refractivity contribution in [1.82, 2.24) is 15.1 Å². The smallest absolute Gasteiger partial charge is 0.243 e. The van der Waals surface area contributed by atoms with Gasteiger partial charge < -0.3 is 15.1 Å². The van der Waals surface area contributed by atoms with Crippen molar-refractivity contribution in [2.75, 3.05) is 20.1 Å². The van der Waals surface area contributed by atoms with Crippen molar-refractivity contribution in [2.24, 2.45) is 5.41 Å². The Morgan fingerprint density at radius 3 is 2.46 bits per heavy atom. The van der Waals surface area contributed by atoms with Gasteiger partial charge in [-0.05, 0) is 59.5 Å². The molecule has 0 radical (unpaired) electrons. The van der Waals surface area contributed by atoms with Gasteiger partial charge in [0.15, 0.2) is 0 Å². The fraction of sp³-hybridized carbons (Fsp3) is 0.905. The number of hydrogen-bond donors (Lipinski definition) is 1. The molecule has 1 heterocycles. The second kappa shape index (κ2) is 8.28. The fourth-order valence-electron chi connectivity index (χ4n) is 5.44. The minimum atomic E-state index is -0.382. The number of hydrogen-bond acceptors (Lipinski definition) is 3. The maximum atomic E-state index is 12.9. The van der Waals surface area contributed by atoms with Gasteiger partial charge in [-0.15, -0.1) is 0 Å². The van der Waals surface area contributed by atoms with Crippen LogP contribution < -0.4 is 5.32 Å². The third-order valence-corrected chi connectivity index (χ3v) is 6.95. The number of rotatable bonds is 7. The molecule has 1 saturated heterocycles. The van der Waals surface area contributed by atoms with Gasteiger partial charge in [0.1, 0.15) is 6.04 Å². The van der Waals surface area contributed by atoms with Crippen LogP contribution in [0.1, 0.15) is 78.1 Å². The van der Waals surface area contributed by atoms with Crippen molar-refractivity contribution in [2.45, 2.75) is 96.2 Å². The van der Waals surface area contributed by atoms with Crippen LogP contribution in [0, 0.1) is 5.41 Å². The van der Waals surface area contributed by atoms with E-state index in [9.17, 15) is 9.59 Å². The van der Waals surface area contributed by atoms with E-state index in [1.807, 2.05) is 18.7 Å². The Morgan fingerprint density at radius 1 is 1.19 bits per heavy atom. The molecule has 1 spiro atoms. The molecule has 2 amide bonds. The van der Waals surface area contributed by atoms with E-state index < -0.39 is 0 Å². The van der Waals surface area contributed by atoms with Crippen molar-refractivity contribution in [3.05, 3.63) is 0 Å². The molecule has 5 heteroatoms. The van der Waals surface area contributed by atoms with E-state index in [1.54, 1.807) is 0 Å². The van der Waals surface area contributed by atoms with E-state index >= 15 is 0 Å². The number of nitrogens with one attached hydrogen (secondary N) is 1. The van der Waals surface area contributed by atoms with E-state index in [4.69, 9.17) is 0 Å². The number of carbonyl (C=O) groups excluding carboxylic acids is 2. The quantitative estimate of drug-likeness (QED) is 0.559. The second-order valence-electron chi connectivity index (χ2n) is 8.99. The van der Waals surface area contributed by atoms with Gasteiger partial charge in [-0.25, -0.2) is 0 Å². The lowest BCUT2D eigenvalue weighted by Gasteiger charge is -2.55. The fourth-order valence-corrected chi connectivity index (χ4v) is 5.44. The van der Waals surface area contributed by atoms with Crippen LogP contribution >= 0.6 is 0 Å². The first-order valence-electron chi connectivity index (χ1n) is 10.8. The standard InChI is InChI=1S/C21H37N3O2/c1-16(2)24-18(21(20(24)26)12-7-8-13-21)19(25)22-14-9-15-23(3)17-10-5-4-6-11-17/h16-18H,4-15H2,1-3H3,(H,22,25). The first-order valence-corrected chi connectivity index (χ1v) is 10.8. The number of amides is 2. The van der Waals surface area contributed by atoms with E-state index in [1.165, 1.54) is 32.1 Å². The van der Waals surface area contributed by atoms with Crippen LogP contribution in [0.5, 0.6) is 0 Å². The lowest BCUT2D eigenvalue weighted by molar-refractivity contribution is -0.181. The molecule has 0 bridgehead atoms. The summed E-state index contributed by atoms with van der Waals surface area (Å²) >= 11 is 0. The van der Waals surface area contributed by atoms with Gasteiger partial charge in [0.05, 0.1) is 5.41 Å². The third-order valence-electron chi connectivity index (χ3n) is 6.95. The van der Waals surface area contributed by atoms with Gasteiger partial charge >= 0.3 is 0 Å². The molecule has 148 valence electrons. The van der Waals surface area contributed by atoms with Crippen LogP contribution in [0.25, 0.3) is 0 Å². The first-order chi connectivity index (χ1) is 12.5. The molecular formula is C21H37N3O2. The minimum absolute atomic E-state index is 0.0699. The lowest BCUT2D eigenvalue weighted by Crippen LogP contribution is -2.74. The summed E-state index contributed by atoms with van der Waals surface area (Å²) < 4.78 is 0. The van der Waals surface area contributed by atoms with Gasteiger partial charge in [0.2, 0.25) is 11.8 Å². The lowest BCUT2D eigenvalue weighted by atomic mass is 9.68. The number of carbonyl (C=O) groups is 2. The van der Waals surface area contributed by atoms with Crippen molar-refractivity contribution < 1.29 is 9.59 Å². The van der Waals surface area contributed by atoms with Gasteiger partial charge in [-0.1, -0.05) is 32.1 Å². The zero-order valence-electron chi connectivity index (χ0n) is 16.9. The van der Waals surface area contributed by atoms with Crippen LogP contribution in [-0.4, -0.2) is 59.9 Å². The molecule has 1 aliphatic heterocycles.